The fraction of sp³-hybridized carbons (Fsp3) is 0.235. The number of aromatic nitrogens is 2. The standard InChI is InChI=1S/C17H16FN3O3S/c1-11-14(6-7-23-11)16-19-20-17(24-16)25-10-15(22)21(2)9-12-4-3-5-13(18)8-12/h3-8H,9-10H2,1-2H3. The normalized spacial score (nSPS) is 10.8. The highest BCUT2D eigenvalue weighted by atomic mass is 32.2. The Hall–Kier alpha value is -2.61. The maximum absolute atomic E-state index is 13.2. The van der Waals surface area contributed by atoms with E-state index in [1.807, 2.05) is 0 Å². The molecule has 3 aromatic rings. The zero-order valence-corrected chi connectivity index (χ0v) is 14.5. The van der Waals surface area contributed by atoms with Gasteiger partial charge in [-0.05, 0) is 30.7 Å². The molecule has 0 N–H and O–H groups in total. The molecule has 3 rings (SSSR count). The number of nitrogens with zero attached hydrogens (tertiary/aromatic N) is 3. The van der Waals surface area contributed by atoms with Crippen molar-refractivity contribution in [3.05, 3.63) is 53.7 Å². The summed E-state index contributed by atoms with van der Waals surface area (Å²) in [6.45, 7) is 2.14. The molecule has 0 aliphatic heterocycles. The molecule has 0 saturated heterocycles. The van der Waals surface area contributed by atoms with Crippen molar-refractivity contribution in [2.24, 2.45) is 0 Å². The quantitative estimate of drug-likeness (QED) is 0.626. The first-order valence-electron chi connectivity index (χ1n) is 7.52. The van der Waals surface area contributed by atoms with Gasteiger partial charge >= 0.3 is 0 Å². The Morgan fingerprint density at radius 1 is 1.32 bits per heavy atom. The van der Waals surface area contributed by atoms with Crippen LogP contribution in [0.3, 0.4) is 0 Å². The second-order valence-corrected chi connectivity index (χ2v) is 6.36. The van der Waals surface area contributed by atoms with E-state index in [-0.39, 0.29) is 17.5 Å². The third-order valence-corrected chi connectivity index (χ3v) is 4.35. The van der Waals surface area contributed by atoms with E-state index in [1.165, 1.54) is 17.0 Å². The van der Waals surface area contributed by atoms with Crippen molar-refractivity contribution in [2.45, 2.75) is 18.7 Å². The van der Waals surface area contributed by atoms with Gasteiger partial charge < -0.3 is 13.7 Å². The topological polar surface area (TPSA) is 72.4 Å². The highest BCUT2D eigenvalue weighted by Gasteiger charge is 2.16. The van der Waals surface area contributed by atoms with E-state index in [2.05, 4.69) is 10.2 Å². The van der Waals surface area contributed by atoms with Gasteiger partial charge in [-0.3, -0.25) is 4.79 Å². The van der Waals surface area contributed by atoms with Crippen LogP contribution in [-0.4, -0.2) is 33.8 Å². The van der Waals surface area contributed by atoms with Crippen molar-refractivity contribution in [3.63, 3.8) is 0 Å². The highest BCUT2D eigenvalue weighted by molar-refractivity contribution is 7.99. The summed E-state index contributed by atoms with van der Waals surface area (Å²) in [5.74, 6) is 0.757. The van der Waals surface area contributed by atoms with Gasteiger partial charge in [0.1, 0.15) is 11.6 Å². The average molecular weight is 361 g/mol. The minimum atomic E-state index is -0.319. The maximum Gasteiger partial charge on any atom is 0.277 e. The molecule has 1 aromatic carbocycles. The minimum Gasteiger partial charge on any atom is -0.469 e. The largest absolute Gasteiger partial charge is 0.469 e. The number of halogens is 1. The summed E-state index contributed by atoms with van der Waals surface area (Å²) in [4.78, 5) is 13.7. The van der Waals surface area contributed by atoms with Gasteiger partial charge in [-0.15, -0.1) is 10.2 Å². The predicted octanol–water partition coefficient (Wildman–Crippen LogP) is 3.53. The molecule has 0 atom stereocenters. The molecular formula is C17H16FN3O3S. The number of carbonyl (C=O) groups is 1. The van der Waals surface area contributed by atoms with Gasteiger partial charge in [0, 0.05) is 13.6 Å². The lowest BCUT2D eigenvalue weighted by molar-refractivity contribution is -0.127. The van der Waals surface area contributed by atoms with Gasteiger partial charge in [0.05, 0.1) is 17.6 Å². The Kier molecular flexibility index (Phi) is 5.18. The third-order valence-electron chi connectivity index (χ3n) is 3.55. The molecule has 2 heterocycles. The molecule has 1 amide bonds. The molecule has 0 unspecified atom stereocenters. The number of aryl methyl sites for hydroxylation is 1. The lowest BCUT2D eigenvalue weighted by atomic mass is 10.2. The molecule has 0 bridgehead atoms. The number of benzene rings is 1. The smallest absolute Gasteiger partial charge is 0.277 e. The minimum absolute atomic E-state index is 0.117. The van der Waals surface area contributed by atoms with E-state index >= 15 is 0 Å². The first kappa shape index (κ1) is 17.2. The Morgan fingerprint density at radius 2 is 2.16 bits per heavy atom. The fourth-order valence-electron chi connectivity index (χ4n) is 2.21. The highest BCUT2D eigenvalue weighted by Crippen LogP contribution is 2.26. The average Bonchev–Trinajstić information content (AvgIpc) is 3.21. The van der Waals surface area contributed by atoms with E-state index in [4.69, 9.17) is 8.83 Å². The van der Waals surface area contributed by atoms with Crippen LogP contribution in [0.2, 0.25) is 0 Å². The molecule has 6 nitrogen and oxygen atoms in total. The van der Waals surface area contributed by atoms with Crippen LogP contribution in [0.15, 0.2) is 50.7 Å². The summed E-state index contributed by atoms with van der Waals surface area (Å²) in [6.07, 6.45) is 1.55. The molecule has 8 heteroatoms. The number of furan rings is 1. The van der Waals surface area contributed by atoms with Gasteiger partial charge in [-0.25, -0.2) is 4.39 Å². The van der Waals surface area contributed by atoms with Crippen LogP contribution < -0.4 is 0 Å². The van der Waals surface area contributed by atoms with E-state index in [9.17, 15) is 9.18 Å². The van der Waals surface area contributed by atoms with Crippen molar-refractivity contribution in [3.8, 4) is 11.5 Å². The van der Waals surface area contributed by atoms with Crippen LogP contribution in [0.4, 0.5) is 4.39 Å². The summed E-state index contributed by atoms with van der Waals surface area (Å²) in [6, 6.07) is 7.92. The van der Waals surface area contributed by atoms with Gasteiger partial charge in [0.2, 0.25) is 5.91 Å². The van der Waals surface area contributed by atoms with E-state index in [0.717, 1.165) is 22.9 Å². The van der Waals surface area contributed by atoms with Crippen molar-refractivity contribution in [1.29, 1.82) is 0 Å². The summed E-state index contributed by atoms with van der Waals surface area (Å²) >= 11 is 1.16. The third kappa shape index (κ3) is 4.27. The fourth-order valence-corrected chi connectivity index (χ4v) is 2.92. The van der Waals surface area contributed by atoms with Crippen molar-refractivity contribution in [1.82, 2.24) is 15.1 Å². The second-order valence-electron chi connectivity index (χ2n) is 5.43. The Balaban J connectivity index is 1.55. The van der Waals surface area contributed by atoms with Gasteiger partial charge in [0.15, 0.2) is 0 Å². The molecule has 130 valence electrons. The Morgan fingerprint density at radius 3 is 2.88 bits per heavy atom. The number of rotatable bonds is 6. The predicted molar refractivity (Wildman–Crippen MR) is 90.3 cm³/mol. The number of thioether (sulfide) groups is 1. The lowest BCUT2D eigenvalue weighted by Gasteiger charge is -2.16. The van der Waals surface area contributed by atoms with Crippen LogP contribution in [0, 0.1) is 12.7 Å². The molecule has 0 radical (unpaired) electrons. The van der Waals surface area contributed by atoms with Crippen LogP contribution >= 0.6 is 11.8 Å². The molecule has 0 fully saturated rings. The van der Waals surface area contributed by atoms with Crippen molar-refractivity contribution >= 4 is 17.7 Å². The zero-order chi connectivity index (χ0) is 17.8. The number of hydrogen-bond donors (Lipinski definition) is 0. The first-order valence-corrected chi connectivity index (χ1v) is 8.50. The number of carbonyl (C=O) groups excluding carboxylic acids is 1. The van der Waals surface area contributed by atoms with Crippen molar-refractivity contribution in [2.75, 3.05) is 12.8 Å². The van der Waals surface area contributed by atoms with E-state index < -0.39 is 0 Å². The molecule has 0 aliphatic rings. The molecule has 25 heavy (non-hydrogen) atoms. The second kappa shape index (κ2) is 7.52. The summed E-state index contributed by atoms with van der Waals surface area (Å²) in [5, 5.41) is 8.19. The molecule has 0 saturated carbocycles. The van der Waals surface area contributed by atoms with E-state index in [1.54, 1.807) is 38.4 Å². The van der Waals surface area contributed by atoms with Crippen LogP contribution in [0.5, 0.6) is 0 Å². The summed E-state index contributed by atoms with van der Waals surface area (Å²) in [7, 11) is 1.67. The molecule has 2 aromatic heterocycles. The molecular weight excluding hydrogens is 345 g/mol. The van der Waals surface area contributed by atoms with Gasteiger partial charge in [-0.1, -0.05) is 23.9 Å². The molecule has 0 aliphatic carbocycles. The number of amides is 1. The lowest BCUT2D eigenvalue weighted by Crippen LogP contribution is -2.27. The first-order chi connectivity index (χ1) is 12.0. The maximum atomic E-state index is 13.2. The van der Waals surface area contributed by atoms with Gasteiger partial charge in [-0.2, -0.15) is 0 Å². The molecule has 0 spiro atoms. The SMILES string of the molecule is Cc1occc1-c1nnc(SCC(=O)N(C)Cc2cccc(F)c2)o1. The summed E-state index contributed by atoms with van der Waals surface area (Å²) in [5.41, 5.74) is 1.46. The Labute approximate surface area is 148 Å². The zero-order valence-electron chi connectivity index (χ0n) is 13.7. The number of hydrogen-bond acceptors (Lipinski definition) is 6. The van der Waals surface area contributed by atoms with Crippen LogP contribution in [0.25, 0.3) is 11.5 Å². The van der Waals surface area contributed by atoms with Crippen LogP contribution in [-0.2, 0) is 11.3 Å². The van der Waals surface area contributed by atoms with Gasteiger partial charge in [0.25, 0.3) is 11.1 Å². The summed E-state index contributed by atoms with van der Waals surface area (Å²) < 4.78 is 23.9. The monoisotopic (exact) mass is 361 g/mol. The van der Waals surface area contributed by atoms with Crippen LogP contribution in [0.1, 0.15) is 11.3 Å². The Bertz CT molecular complexity index is 877. The van der Waals surface area contributed by atoms with E-state index in [0.29, 0.717) is 23.4 Å². The van der Waals surface area contributed by atoms with Crippen molar-refractivity contribution < 1.29 is 18.0 Å².